The third-order valence-corrected chi connectivity index (χ3v) is 5.23. The highest BCUT2D eigenvalue weighted by Gasteiger charge is 2.38. The van der Waals surface area contributed by atoms with Crippen LogP contribution in [-0.2, 0) is 4.79 Å². The minimum atomic E-state index is -5.08. The average molecular weight is 462 g/mol. The van der Waals surface area contributed by atoms with Gasteiger partial charge in [0, 0.05) is 16.1 Å². The number of aliphatic carboxylic acids is 1. The van der Waals surface area contributed by atoms with Gasteiger partial charge >= 0.3 is 12.1 Å². The van der Waals surface area contributed by atoms with E-state index in [1.54, 1.807) is 12.1 Å². The standard InChI is InChI=1S/C19H19ClFNO2.C2HF3O2/c20-13-4-5-15(16(21)10-13)18-11-23-17-3-1-2-14(19(17)24-18)12-6-8-22-9-7-12;3-2(4,5)1(6)7/h1-5,10,12,18,22H,6-9,11H2;(H,6,7)/t18-;/m1./s1. The van der Waals surface area contributed by atoms with Gasteiger partial charge in [-0.05, 0) is 50.0 Å². The number of carbonyl (C=O) groups is 1. The van der Waals surface area contributed by atoms with Gasteiger partial charge in [0.1, 0.15) is 12.4 Å². The van der Waals surface area contributed by atoms with E-state index in [1.807, 2.05) is 12.1 Å². The zero-order valence-corrected chi connectivity index (χ0v) is 17.0. The Kier molecular flexibility index (Phi) is 7.27. The van der Waals surface area contributed by atoms with Gasteiger partial charge in [0.05, 0.1) is 0 Å². The molecule has 2 aliphatic heterocycles. The zero-order chi connectivity index (χ0) is 22.6. The fourth-order valence-corrected chi connectivity index (χ4v) is 3.64. The summed E-state index contributed by atoms with van der Waals surface area (Å²) in [6.45, 7) is 2.30. The molecule has 1 saturated heterocycles. The van der Waals surface area contributed by atoms with Crippen molar-refractivity contribution in [3.63, 3.8) is 0 Å². The van der Waals surface area contributed by atoms with Crippen LogP contribution < -0.4 is 14.8 Å². The fraction of sp³-hybridized carbons (Fsp3) is 0.381. The molecule has 2 heterocycles. The summed E-state index contributed by atoms with van der Waals surface area (Å²) in [5.41, 5.74) is 1.64. The molecule has 2 N–H and O–H groups in total. The second-order valence-corrected chi connectivity index (χ2v) is 7.52. The van der Waals surface area contributed by atoms with E-state index in [2.05, 4.69) is 11.4 Å². The molecule has 1 fully saturated rings. The Hall–Kier alpha value is -2.52. The highest BCUT2D eigenvalue weighted by Crippen LogP contribution is 2.44. The van der Waals surface area contributed by atoms with Crippen LogP contribution in [0.5, 0.6) is 11.5 Å². The molecule has 5 nitrogen and oxygen atoms in total. The lowest BCUT2D eigenvalue weighted by Crippen LogP contribution is -2.28. The Morgan fingerprint density at radius 1 is 1.13 bits per heavy atom. The summed E-state index contributed by atoms with van der Waals surface area (Å²) in [5, 5.41) is 10.9. The van der Waals surface area contributed by atoms with Crippen LogP contribution >= 0.6 is 11.6 Å². The number of rotatable bonds is 2. The maximum Gasteiger partial charge on any atom is 0.490 e. The highest BCUT2D eigenvalue weighted by atomic mass is 35.5. The molecule has 2 aromatic carbocycles. The second-order valence-electron chi connectivity index (χ2n) is 7.09. The van der Waals surface area contributed by atoms with Gasteiger partial charge in [0.15, 0.2) is 17.6 Å². The molecule has 0 radical (unpaired) electrons. The first-order valence-corrected chi connectivity index (χ1v) is 9.92. The molecule has 168 valence electrons. The summed E-state index contributed by atoms with van der Waals surface area (Å²) in [6, 6.07) is 10.7. The third-order valence-electron chi connectivity index (χ3n) is 4.99. The molecular formula is C21H20ClF4NO4. The number of para-hydroxylation sites is 1. The van der Waals surface area contributed by atoms with Crippen LogP contribution in [0.3, 0.4) is 0 Å². The molecule has 31 heavy (non-hydrogen) atoms. The summed E-state index contributed by atoms with van der Waals surface area (Å²) >= 11 is 5.85. The number of nitrogens with one attached hydrogen (secondary N) is 1. The van der Waals surface area contributed by atoms with E-state index in [0.29, 0.717) is 23.1 Å². The predicted molar refractivity (Wildman–Crippen MR) is 105 cm³/mol. The lowest BCUT2D eigenvalue weighted by atomic mass is 9.89. The number of carboxylic acid groups (broad SMARTS) is 1. The van der Waals surface area contributed by atoms with Gasteiger partial charge in [-0.25, -0.2) is 9.18 Å². The van der Waals surface area contributed by atoms with Gasteiger partial charge in [-0.1, -0.05) is 29.8 Å². The minimum Gasteiger partial charge on any atom is -0.485 e. The second kappa shape index (κ2) is 9.74. The topological polar surface area (TPSA) is 67.8 Å². The first-order chi connectivity index (χ1) is 14.7. The van der Waals surface area contributed by atoms with Crippen LogP contribution in [0.25, 0.3) is 0 Å². The van der Waals surface area contributed by atoms with E-state index in [4.69, 9.17) is 31.0 Å². The number of hydrogen-bond acceptors (Lipinski definition) is 4. The van der Waals surface area contributed by atoms with E-state index in [0.717, 1.165) is 43.0 Å². The van der Waals surface area contributed by atoms with Crippen molar-refractivity contribution in [3.05, 3.63) is 58.4 Å². The van der Waals surface area contributed by atoms with Crippen LogP contribution in [0.4, 0.5) is 17.6 Å². The average Bonchev–Trinajstić information content (AvgIpc) is 2.73. The fourth-order valence-electron chi connectivity index (χ4n) is 3.48. The molecule has 0 aliphatic carbocycles. The van der Waals surface area contributed by atoms with Crippen molar-refractivity contribution in [1.82, 2.24) is 5.32 Å². The van der Waals surface area contributed by atoms with Gasteiger partial charge in [-0.2, -0.15) is 13.2 Å². The van der Waals surface area contributed by atoms with Crippen LogP contribution in [0, 0.1) is 5.82 Å². The normalized spacial score (nSPS) is 18.7. The quantitative estimate of drug-likeness (QED) is 0.610. The maximum atomic E-state index is 14.2. The molecule has 1 atom stereocenters. The monoisotopic (exact) mass is 461 g/mol. The zero-order valence-electron chi connectivity index (χ0n) is 16.2. The minimum absolute atomic E-state index is 0.293. The lowest BCUT2D eigenvalue weighted by Gasteiger charge is -2.31. The van der Waals surface area contributed by atoms with Crippen LogP contribution in [0.2, 0.25) is 5.02 Å². The number of carboxylic acids is 1. The summed E-state index contributed by atoms with van der Waals surface area (Å²) in [7, 11) is 0. The van der Waals surface area contributed by atoms with Crippen molar-refractivity contribution in [2.45, 2.75) is 31.0 Å². The van der Waals surface area contributed by atoms with Crippen molar-refractivity contribution in [2.75, 3.05) is 19.7 Å². The van der Waals surface area contributed by atoms with E-state index in [1.165, 1.54) is 6.07 Å². The number of piperidine rings is 1. The number of ether oxygens (including phenoxy) is 2. The Balaban J connectivity index is 0.000000339. The van der Waals surface area contributed by atoms with Crippen LogP contribution in [-0.4, -0.2) is 36.9 Å². The first kappa shape index (κ1) is 23.1. The van der Waals surface area contributed by atoms with E-state index in [-0.39, 0.29) is 5.82 Å². The van der Waals surface area contributed by atoms with E-state index < -0.39 is 18.2 Å². The third kappa shape index (κ3) is 5.80. The van der Waals surface area contributed by atoms with Gasteiger partial charge < -0.3 is 19.9 Å². The maximum absolute atomic E-state index is 14.2. The molecule has 10 heteroatoms. The molecule has 0 unspecified atom stereocenters. The summed E-state index contributed by atoms with van der Waals surface area (Å²) in [4.78, 5) is 8.90. The Morgan fingerprint density at radius 2 is 1.81 bits per heavy atom. The molecule has 0 bridgehead atoms. The smallest absolute Gasteiger partial charge is 0.485 e. The Bertz CT molecular complexity index is 932. The van der Waals surface area contributed by atoms with Crippen molar-refractivity contribution in [2.24, 2.45) is 0 Å². The van der Waals surface area contributed by atoms with Gasteiger partial charge in [0.2, 0.25) is 0 Å². The van der Waals surface area contributed by atoms with Gasteiger partial charge in [0.25, 0.3) is 0 Å². The number of benzene rings is 2. The van der Waals surface area contributed by atoms with Crippen molar-refractivity contribution >= 4 is 17.6 Å². The number of alkyl halides is 3. The molecular weight excluding hydrogens is 442 g/mol. The number of halogens is 5. The summed E-state index contributed by atoms with van der Waals surface area (Å²) in [5.74, 6) is -1.17. The summed E-state index contributed by atoms with van der Waals surface area (Å²) < 4.78 is 58.0. The molecule has 2 aromatic rings. The largest absolute Gasteiger partial charge is 0.490 e. The van der Waals surface area contributed by atoms with Gasteiger partial charge in [-0.15, -0.1) is 0 Å². The number of fused-ring (bicyclic) bond motifs is 1. The van der Waals surface area contributed by atoms with Crippen LogP contribution in [0.15, 0.2) is 36.4 Å². The number of hydrogen-bond donors (Lipinski definition) is 2. The lowest BCUT2D eigenvalue weighted by molar-refractivity contribution is -0.192. The molecule has 2 aliphatic rings. The Labute approximate surface area is 180 Å². The van der Waals surface area contributed by atoms with Crippen molar-refractivity contribution in [1.29, 1.82) is 0 Å². The predicted octanol–water partition coefficient (Wildman–Crippen LogP) is 5.09. The SMILES string of the molecule is Fc1cc(Cl)ccc1[C@H]1COc2cccc(C3CCNCC3)c2O1.O=C(O)C(F)(F)F. The molecule has 4 rings (SSSR count). The molecule has 0 spiro atoms. The molecule has 0 aromatic heterocycles. The summed E-state index contributed by atoms with van der Waals surface area (Å²) in [6.07, 6.45) is -3.41. The van der Waals surface area contributed by atoms with E-state index in [9.17, 15) is 17.6 Å². The molecule has 0 saturated carbocycles. The van der Waals surface area contributed by atoms with Crippen molar-refractivity contribution in [3.8, 4) is 11.5 Å². The Morgan fingerprint density at radius 3 is 2.42 bits per heavy atom. The van der Waals surface area contributed by atoms with Crippen molar-refractivity contribution < 1.29 is 36.9 Å². The molecule has 0 amide bonds. The first-order valence-electron chi connectivity index (χ1n) is 9.55. The highest BCUT2D eigenvalue weighted by molar-refractivity contribution is 6.30. The van der Waals surface area contributed by atoms with Gasteiger partial charge in [-0.3, -0.25) is 0 Å². The van der Waals surface area contributed by atoms with E-state index >= 15 is 0 Å². The van der Waals surface area contributed by atoms with Crippen LogP contribution in [0.1, 0.15) is 36.0 Å².